The molecule has 2 saturated carbocycles. The van der Waals surface area contributed by atoms with Crippen molar-refractivity contribution in [2.75, 3.05) is 0 Å². The van der Waals surface area contributed by atoms with Gasteiger partial charge in [-0.2, -0.15) is 0 Å². The lowest BCUT2D eigenvalue weighted by Crippen LogP contribution is -2.37. The molecule has 0 aliphatic heterocycles. The molecule has 2 fully saturated rings. The van der Waals surface area contributed by atoms with Gasteiger partial charge in [0, 0.05) is 0 Å². The summed E-state index contributed by atoms with van der Waals surface area (Å²) in [5, 5.41) is 9.64. The van der Waals surface area contributed by atoms with Gasteiger partial charge < -0.3 is 5.11 Å². The number of phenols is 1. The molecule has 1 N–H and O–H groups in total. The highest BCUT2D eigenvalue weighted by Crippen LogP contribution is 2.60. The number of hydrogen-bond acceptors (Lipinski definition) is 1. The molecule has 1 aromatic rings. The summed E-state index contributed by atoms with van der Waals surface area (Å²) in [4.78, 5) is 0. The Morgan fingerprint density at radius 1 is 1.21 bits per heavy atom. The maximum Gasteiger partial charge on any atom is 0.116 e. The minimum Gasteiger partial charge on any atom is -0.508 e. The molecule has 0 bridgehead atoms. The van der Waals surface area contributed by atoms with E-state index in [-0.39, 0.29) is 0 Å². The van der Waals surface area contributed by atoms with Crippen molar-refractivity contribution in [3.63, 3.8) is 0 Å². The number of rotatable bonds is 0. The summed E-state index contributed by atoms with van der Waals surface area (Å²) in [6.07, 6.45) is 11.7. The molecule has 4 rings (SSSR count). The smallest absolute Gasteiger partial charge is 0.116 e. The first-order chi connectivity index (χ1) is 9.17. The second-order valence-electron chi connectivity index (χ2n) is 7.05. The van der Waals surface area contributed by atoms with E-state index in [9.17, 15) is 5.11 Å². The number of fused-ring (bicyclic) bond motifs is 5. The normalized spacial score (nSPS) is 39.5. The molecule has 0 radical (unpaired) electrons. The number of benzene rings is 1. The van der Waals surface area contributed by atoms with Crippen LogP contribution in [0.25, 0.3) is 6.08 Å². The topological polar surface area (TPSA) is 20.2 Å². The zero-order chi connectivity index (χ0) is 13.0. The Bertz CT molecular complexity index is 545. The van der Waals surface area contributed by atoms with Crippen LogP contribution < -0.4 is 0 Å². The van der Waals surface area contributed by atoms with Crippen molar-refractivity contribution in [2.24, 2.45) is 17.3 Å². The van der Waals surface area contributed by atoms with E-state index < -0.39 is 0 Å². The van der Waals surface area contributed by atoms with Crippen LogP contribution in [0.15, 0.2) is 24.3 Å². The van der Waals surface area contributed by atoms with E-state index in [0.717, 1.165) is 11.8 Å². The Morgan fingerprint density at radius 3 is 3.00 bits per heavy atom. The lowest BCUT2D eigenvalue weighted by Gasteiger charge is -2.47. The van der Waals surface area contributed by atoms with E-state index in [0.29, 0.717) is 17.1 Å². The lowest BCUT2D eigenvalue weighted by molar-refractivity contribution is 0.0946. The van der Waals surface area contributed by atoms with Crippen molar-refractivity contribution in [1.29, 1.82) is 0 Å². The van der Waals surface area contributed by atoms with E-state index in [4.69, 9.17) is 0 Å². The van der Waals surface area contributed by atoms with Crippen molar-refractivity contribution >= 4 is 6.08 Å². The first-order valence-electron chi connectivity index (χ1n) is 7.68. The van der Waals surface area contributed by atoms with Crippen LogP contribution >= 0.6 is 0 Å². The minimum absolute atomic E-state index is 0.392. The van der Waals surface area contributed by atoms with Crippen LogP contribution in [0.3, 0.4) is 0 Å². The number of phenolic OH excluding ortho intramolecular Hbond substituents is 1. The van der Waals surface area contributed by atoms with Crippen LogP contribution in [-0.4, -0.2) is 5.11 Å². The summed E-state index contributed by atoms with van der Waals surface area (Å²) in [5.41, 5.74) is 3.31. The van der Waals surface area contributed by atoms with Gasteiger partial charge in [0.25, 0.3) is 0 Å². The second-order valence-corrected chi connectivity index (χ2v) is 7.05. The van der Waals surface area contributed by atoms with Crippen LogP contribution in [0.1, 0.15) is 56.1 Å². The molecule has 1 aromatic carbocycles. The first kappa shape index (κ1) is 11.6. The van der Waals surface area contributed by atoms with E-state index in [2.05, 4.69) is 25.1 Å². The fraction of sp³-hybridized carbons (Fsp3) is 0.556. The predicted molar refractivity (Wildman–Crippen MR) is 78.1 cm³/mol. The monoisotopic (exact) mass is 254 g/mol. The predicted octanol–water partition coefficient (Wildman–Crippen LogP) is 4.72. The zero-order valence-corrected chi connectivity index (χ0v) is 11.6. The summed E-state index contributed by atoms with van der Waals surface area (Å²) >= 11 is 0. The van der Waals surface area contributed by atoms with E-state index in [1.807, 2.05) is 12.1 Å². The molecule has 0 spiro atoms. The van der Waals surface area contributed by atoms with Gasteiger partial charge in [0.1, 0.15) is 5.75 Å². The molecule has 0 amide bonds. The van der Waals surface area contributed by atoms with E-state index >= 15 is 0 Å². The van der Waals surface area contributed by atoms with Crippen LogP contribution in [-0.2, 0) is 0 Å². The molecule has 4 atom stereocenters. The Balaban J connectivity index is 1.76. The highest BCUT2D eigenvalue weighted by Gasteiger charge is 2.49. The molecule has 1 heteroatoms. The van der Waals surface area contributed by atoms with Crippen LogP contribution in [0.2, 0.25) is 0 Å². The molecule has 0 unspecified atom stereocenters. The molecule has 3 aliphatic carbocycles. The van der Waals surface area contributed by atoms with Crippen molar-refractivity contribution in [2.45, 2.75) is 44.9 Å². The van der Waals surface area contributed by atoms with E-state index in [1.165, 1.54) is 43.2 Å². The van der Waals surface area contributed by atoms with Crippen LogP contribution in [0, 0.1) is 17.3 Å². The third-order valence-corrected chi connectivity index (χ3v) is 6.08. The molecular weight excluding hydrogens is 232 g/mol. The van der Waals surface area contributed by atoms with Crippen molar-refractivity contribution < 1.29 is 5.11 Å². The van der Waals surface area contributed by atoms with Gasteiger partial charge in [-0.25, -0.2) is 0 Å². The Labute approximate surface area is 115 Å². The Hall–Kier alpha value is -1.24. The quantitative estimate of drug-likeness (QED) is 0.710. The summed E-state index contributed by atoms with van der Waals surface area (Å²) in [7, 11) is 0. The van der Waals surface area contributed by atoms with Gasteiger partial charge in [0.05, 0.1) is 0 Å². The van der Waals surface area contributed by atoms with Gasteiger partial charge in [-0.3, -0.25) is 0 Å². The molecule has 100 valence electrons. The van der Waals surface area contributed by atoms with Crippen molar-refractivity contribution in [3.05, 3.63) is 35.4 Å². The summed E-state index contributed by atoms with van der Waals surface area (Å²) < 4.78 is 0. The van der Waals surface area contributed by atoms with Gasteiger partial charge in [-0.05, 0) is 72.1 Å². The molecule has 3 aliphatic rings. The summed E-state index contributed by atoms with van der Waals surface area (Å²) in [6, 6.07) is 5.94. The standard InChI is InChI=1S/C18H22O/c1-18-9-2-3-17(18)16-6-4-12-11-13(19)5-7-14(12)15(16)8-10-18/h4-7,11,15-17,19H,2-3,8-10H2,1H3/t15-,16-,17+,18+/m1/s1. The van der Waals surface area contributed by atoms with Crippen molar-refractivity contribution in [1.82, 2.24) is 0 Å². The van der Waals surface area contributed by atoms with Gasteiger partial charge in [0.15, 0.2) is 0 Å². The average Bonchev–Trinajstić information content (AvgIpc) is 2.79. The highest BCUT2D eigenvalue weighted by atomic mass is 16.3. The van der Waals surface area contributed by atoms with Crippen molar-refractivity contribution in [3.8, 4) is 5.75 Å². The maximum atomic E-state index is 9.64. The van der Waals surface area contributed by atoms with Gasteiger partial charge in [-0.1, -0.05) is 31.6 Å². The first-order valence-corrected chi connectivity index (χ1v) is 7.68. The van der Waals surface area contributed by atoms with Crippen LogP contribution in [0.4, 0.5) is 0 Å². The number of aromatic hydroxyl groups is 1. The summed E-state index contributed by atoms with van der Waals surface area (Å²) in [5.74, 6) is 2.70. The lowest BCUT2D eigenvalue weighted by atomic mass is 9.57. The third-order valence-electron chi connectivity index (χ3n) is 6.08. The molecule has 1 nitrogen and oxygen atoms in total. The summed E-state index contributed by atoms with van der Waals surface area (Å²) in [6.45, 7) is 2.51. The molecule has 0 aromatic heterocycles. The van der Waals surface area contributed by atoms with Gasteiger partial charge >= 0.3 is 0 Å². The van der Waals surface area contributed by atoms with E-state index in [1.54, 1.807) is 0 Å². The maximum absolute atomic E-state index is 9.64. The Kier molecular flexibility index (Phi) is 2.36. The molecule has 0 heterocycles. The molecule has 0 saturated heterocycles. The third kappa shape index (κ3) is 1.60. The second kappa shape index (κ2) is 3.88. The molecule has 19 heavy (non-hydrogen) atoms. The molecular formula is C18H22O. The van der Waals surface area contributed by atoms with Gasteiger partial charge in [0.2, 0.25) is 0 Å². The zero-order valence-electron chi connectivity index (χ0n) is 11.6. The average molecular weight is 254 g/mol. The highest BCUT2D eigenvalue weighted by molar-refractivity contribution is 5.60. The SMILES string of the molecule is C[C@@]12CCC[C@H]1[C@@H]1C=Cc3cc(O)ccc3[C@H]1CC2. The fourth-order valence-corrected chi connectivity index (χ4v) is 5.08. The Morgan fingerprint density at radius 2 is 2.11 bits per heavy atom. The van der Waals surface area contributed by atoms with Gasteiger partial charge in [-0.15, -0.1) is 0 Å². The fourth-order valence-electron chi connectivity index (χ4n) is 5.08. The number of allylic oxidation sites excluding steroid dienone is 1. The largest absolute Gasteiger partial charge is 0.508 e. The van der Waals surface area contributed by atoms with Crippen LogP contribution in [0.5, 0.6) is 5.75 Å². The number of hydrogen-bond donors (Lipinski definition) is 1. The minimum atomic E-state index is 0.392.